The second-order valence-electron chi connectivity index (χ2n) is 1.74. The molecule has 0 aromatic carbocycles. The summed E-state index contributed by atoms with van der Waals surface area (Å²) in [6.07, 6.45) is 0. The number of rotatable bonds is 1. The van der Waals surface area contributed by atoms with Crippen LogP contribution >= 0.6 is 11.3 Å². The van der Waals surface area contributed by atoms with Gasteiger partial charge in [0.05, 0.1) is 0 Å². The first-order valence-electron chi connectivity index (χ1n) is 2.49. The van der Waals surface area contributed by atoms with Gasteiger partial charge in [0.25, 0.3) is 0 Å². The molecule has 1 aromatic rings. The molecule has 0 radical (unpaired) electrons. The predicted octanol–water partition coefficient (Wildman–Crippen LogP) is 0.240. The van der Waals surface area contributed by atoms with Gasteiger partial charge < -0.3 is 0 Å². The molecule has 0 atom stereocenters. The van der Waals surface area contributed by atoms with Crippen LogP contribution < -0.4 is 2.81 Å². The van der Waals surface area contributed by atoms with Gasteiger partial charge >= 0.3 is 74.3 Å². The van der Waals surface area contributed by atoms with Crippen LogP contribution in [0.1, 0.15) is 9.67 Å². The van der Waals surface area contributed by atoms with E-state index in [0.717, 1.165) is 30.7 Å². The van der Waals surface area contributed by atoms with Crippen molar-refractivity contribution in [3.63, 3.8) is 0 Å². The van der Waals surface area contributed by atoms with E-state index in [-0.39, 0.29) is 0 Å². The molecule has 0 amide bonds. The number of hydrogen-bond acceptors (Lipinski definition) is 2. The molecule has 2 nitrogen and oxygen atoms in total. The first kappa shape index (κ1) is 7.28. The second kappa shape index (κ2) is 2.84. The van der Waals surface area contributed by atoms with Gasteiger partial charge in [-0.15, -0.1) is 0 Å². The van der Waals surface area contributed by atoms with E-state index in [4.69, 9.17) is 5.11 Å². The molecule has 1 N–H and O–H groups in total. The average Bonchev–Trinajstić information content (AvgIpc) is 2.13. The number of carboxylic acids is 1. The molecule has 1 rings (SSSR count). The summed E-state index contributed by atoms with van der Waals surface area (Å²) in [6.45, 7) is 0. The van der Waals surface area contributed by atoms with Gasteiger partial charge in [0, 0.05) is 0 Å². The van der Waals surface area contributed by atoms with Gasteiger partial charge in [-0.25, -0.2) is 0 Å². The van der Waals surface area contributed by atoms with Crippen LogP contribution in [0.4, 0.5) is 0 Å². The van der Waals surface area contributed by atoms with Gasteiger partial charge in [-0.1, -0.05) is 0 Å². The van der Waals surface area contributed by atoms with E-state index in [1.54, 1.807) is 0 Å². The fraction of sp³-hybridized carbons (Fsp3) is 0. The Labute approximate surface area is 73.9 Å². The Balaban J connectivity index is 3.08. The molecular formula is C5H3NaO2S. The molecule has 0 saturated carbocycles. The van der Waals surface area contributed by atoms with E-state index in [9.17, 15) is 4.79 Å². The normalized spacial score (nSPS) is 9.56. The van der Waals surface area contributed by atoms with Crippen molar-refractivity contribution in [2.24, 2.45) is 0 Å². The quantitative estimate of drug-likeness (QED) is 0.582. The molecule has 9 heavy (non-hydrogen) atoms. The zero-order chi connectivity index (χ0) is 6.85. The van der Waals surface area contributed by atoms with Crippen LogP contribution in [0, 0.1) is 0 Å². The summed E-state index contributed by atoms with van der Waals surface area (Å²) < 4.78 is 0.979. The van der Waals surface area contributed by atoms with Gasteiger partial charge in [0.1, 0.15) is 0 Å². The van der Waals surface area contributed by atoms with Crippen molar-refractivity contribution < 1.29 is 9.90 Å². The maximum atomic E-state index is 10.3. The van der Waals surface area contributed by atoms with Crippen molar-refractivity contribution in [1.82, 2.24) is 0 Å². The van der Waals surface area contributed by atoms with Gasteiger partial charge in [0.15, 0.2) is 0 Å². The molecule has 1 heterocycles. The van der Waals surface area contributed by atoms with Crippen molar-refractivity contribution >= 4 is 48.0 Å². The fourth-order valence-electron chi connectivity index (χ4n) is 0.592. The van der Waals surface area contributed by atoms with Crippen molar-refractivity contribution in [2.45, 2.75) is 0 Å². The Morgan fingerprint density at radius 3 is 2.67 bits per heavy atom. The van der Waals surface area contributed by atoms with E-state index < -0.39 is 5.97 Å². The zero-order valence-electron chi connectivity index (χ0n) is 4.92. The summed E-state index contributed by atoms with van der Waals surface area (Å²) in [5.74, 6) is -0.796. The average molecular weight is 150 g/mol. The summed E-state index contributed by atoms with van der Waals surface area (Å²) >= 11 is 2.12. The van der Waals surface area contributed by atoms with Crippen molar-refractivity contribution in [2.75, 3.05) is 0 Å². The van der Waals surface area contributed by atoms with E-state index in [1.165, 1.54) is 11.3 Å². The van der Waals surface area contributed by atoms with Crippen molar-refractivity contribution in [1.29, 1.82) is 0 Å². The van der Waals surface area contributed by atoms with Crippen LogP contribution in [0.3, 0.4) is 0 Å². The number of thiophene rings is 1. The number of carbonyl (C=O) groups is 1. The molecule has 0 saturated heterocycles. The standard InChI is InChI=1S/C5H3O2S.Na/c6-5(7)4-2-1-3-8-4;/h1,3H,(H,6,7);. The van der Waals surface area contributed by atoms with Crippen LogP contribution in [0.15, 0.2) is 11.4 Å². The monoisotopic (exact) mass is 150 g/mol. The van der Waals surface area contributed by atoms with E-state index >= 15 is 0 Å². The molecule has 0 bridgehead atoms. The van der Waals surface area contributed by atoms with Crippen LogP contribution in [0.2, 0.25) is 0 Å². The first-order valence-corrected chi connectivity index (χ1v) is 4.37. The van der Waals surface area contributed by atoms with Crippen molar-refractivity contribution in [3.05, 3.63) is 16.3 Å². The molecule has 0 aliphatic rings. The number of carboxylic acid groups (broad SMARTS) is 1. The Kier molecular flexibility index (Phi) is 2.29. The molecule has 42 valence electrons. The molecule has 0 spiro atoms. The molecule has 1 aromatic heterocycles. The van der Waals surface area contributed by atoms with Gasteiger partial charge in [-0.3, -0.25) is 0 Å². The van der Waals surface area contributed by atoms with Crippen LogP contribution in [-0.2, 0) is 0 Å². The summed E-state index contributed by atoms with van der Waals surface area (Å²) in [7, 11) is 0. The number of aromatic carboxylic acids is 1. The summed E-state index contributed by atoms with van der Waals surface area (Å²) in [5.41, 5.74) is 0. The predicted molar refractivity (Wildman–Crippen MR) is 36.7 cm³/mol. The van der Waals surface area contributed by atoms with Gasteiger partial charge in [-0.05, 0) is 0 Å². The zero-order valence-corrected chi connectivity index (χ0v) is 7.73. The fourth-order valence-corrected chi connectivity index (χ4v) is 2.33. The Hall–Kier alpha value is 0.170. The second-order valence-corrected chi connectivity index (χ2v) is 3.73. The Bertz CT molecular complexity index is 231. The molecular weight excluding hydrogens is 147 g/mol. The third-order valence-corrected chi connectivity index (χ3v) is 3.26. The van der Waals surface area contributed by atoms with Gasteiger partial charge in [0.2, 0.25) is 0 Å². The molecule has 0 aliphatic carbocycles. The van der Waals surface area contributed by atoms with Gasteiger partial charge in [-0.2, -0.15) is 0 Å². The molecule has 0 unspecified atom stereocenters. The summed E-state index contributed by atoms with van der Waals surface area (Å²) in [4.78, 5) is 10.8. The summed E-state index contributed by atoms with van der Waals surface area (Å²) in [6, 6.07) is 1.86. The minimum absolute atomic E-state index is 0.502. The number of hydrogen-bond donors (Lipinski definition) is 1. The molecule has 0 fully saturated rings. The van der Waals surface area contributed by atoms with E-state index in [0.29, 0.717) is 4.88 Å². The SMILES string of the molecule is O=C(O)c1scc[c]1[Na]. The maximum absolute atomic E-state index is 10.3. The van der Waals surface area contributed by atoms with Crippen molar-refractivity contribution in [3.8, 4) is 0 Å². The summed E-state index contributed by atoms with van der Waals surface area (Å²) in [5, 5.41) is 10.3. The van der Waals surface area contributed by atoms with Crippen LogP contribution in [-0.4, -0.2) is 39.0 Å². The van der Waals surface area contributed by atoms with E-state index in [1.807, 2.05) is 11.4 Å². The first-order chi connectivity index (χ1) is 4.22. The van der Waals surface area contributed by atoms with Crippen LogP contribution in [0.5, 0.6) is 0 Å². The Morgan fingerprint density at radius 1 is 1.78 bits per heavy atom. The third-order valence-electron chi connectivity index (χ3n) is 1.06. The van der Waals surface area contributed by atoms with E-state index in [2.05, 4.69) is 0 Å². The van der Waals surface area contributed by atoms with Crippen LogP contribution in [0.25, 0.3) is 0 Å². The third kappa shape index (κ3) is 1.55. The minimum atomic E-state index is -0.796. The topological polar surface area (TPSA) is 37.3 Å². The Morgan fingerprint density at radius 2 is 2.44 bits per heavy atom. The molecule has 4 heteroatoms. The molecule has 0 aliphatic heterocycles.